The largest absolute Gasteiger partial charge is 0.305 e. The Morgan fingerprint density at radius 3 is 2.66 bits per heavy atom. The number of carbonyl (C=O) groups is 1. The van der Waals surface area contributed by atoms with E-state index < -0.39 is 9.85 Å². The lowest BCUT2D eigenvalue weighted by Gasteiger charge is -2.04. The number of non-ortho nitro benzene ring substituents is 1. The third kappa shape index (κ3) is 5.33. The van der Waals surface area contributed by atoms with E-state index in [1.165, 1.54) is 29.5 Å². The molecule has 0 aliphatic heterocycles. The van der Waals surface area contributed by atoms with Gasteiger partial charge in [0.05, 0.1) is 21.3 Å². The van der Waals surface area contributed by atoms with E-state index in [-0.39, 0.29) is 23.0 Å². The maximum absolute atomic E-state index is 12.4. The Labute approximate surface area is 206 Å². The molecule has 2 aromatic heterocycles. The number of benzene rings is 2. The van der Waals surface area contributed by atoms with E-state index in [2.05, 4.69) is 20.5 Å². The number of hydrogen-bond acceptors (Lipinski definition) is 10. The SMILES string of the molecule is Cc1ccc(-c2csc(NC(=O)CSc3nnc(-c4cccc([N+](=O)[O-])c4)n3C)n2)cc1[N+](=O)[O-]. The molecule has 0 bridgehead atoms. The molecule has 4 aromatic rings. The molecule has 1 N–H and O–H groups in total. The zero-order chi connectivity index (χ0) is 25.1. The summed E-state index contributed by atoms with van der Waals surface area (Å²) in [5.41, 5.74) is 2.15. The van der Waals surface area contributed by atoms with Gasteiger partial charge in [0.1, 0.15) is 0 Å². The van der Waals surface area contributed by atoms with Crippen molar-refractivity contribution in [3.05, 3.63) is 73.6 Å². The number of aromatic nitrogens is 4. The highest BCUT2D eigenvalue weighted by molar-refractivity contribution is 7.99. The highest BCUT2D eigenvalue weighted by Gasteiger charge is 2.17. The highest BCUT2D eigenvalue weighted by Crippen LogP contribution is 2.30. The maximum atomic E-state index is 12.4. The van der Waals surface area contributed by atoms with E-state index in [0.717, 1.165) is 11.8 Å². The Bertz CT molecular complexity index is 1450. The van der Waals surface area contributed by atoms with Crippen LogP contribution in [0.15, 0.2) is 53.0 Å². The van der Waals surface area contributed by atoms with Crippen molar-refractivity contribution in [2.75, 3.05) is 11.1 Å². The molecule has 0 atom stereocenters. The molecule has 0 radical (unpaired) electrons. The first-order valence-corrected chi connectivity index (χ1v) is 11.9. The van der Waals surface area contributed by atoms with Crippen molar-refractivity contribution in [2.45, 2.75) is 12.1 Å². The molecular formula is C21H17N7O5S2. The Morgan fingerprint density at radius 1 is 1.11 bits per heavy atom. The predicted octanol–water partition coefficient (Wildman–Crippen LogP) is 4.46. The average Bonchev–Trinajstić information content (AvgIpc) is 3.44. The van der Waals surface area contributed by atoms with Gasteiger partial charge in [-0.1, -0.05) is 36.0 Å². The number of nitrogens with one attached hydrogen (secondary N) is 1. The number of rotatable bonds is 8. The second kappa shape index (κ2) is 9.99. The third-order valence-electron chi connectivity index (χ3n) is 4.93. The van der Waals surface area contributed by atoms with Crippen molar-refractivity contribution in [2.24, 2.45) is 7.05 Å². The van der Waals surface area contributed by atoms with Gasteiger partial charge in [0, 0.05) is 47.3 Å². The van der Waals surface area contributed by atoms with Gasteiger partial charge in [-0.25, -0.2) is 4.98 Å². The predicted molar refractivity (Wildman–Crippen MR) is 131 cm³/mol. The summed E-state index contributed by atoms with van der Waals surface area (Å²) in [6, 6.07) is 10.9. The summed E-state index contributed by atoms with van der Waals surface area (Å²) in [6.45, 7) is 1.66. The number of carbonyl (C=O) groups excluding carboxylic acids is 1. The molecule has 0 saturated carbocycles. The van der Waals surface area contributed by atoms with E-state index >= 15 is 0 Å². The van der Waals surface area contributed by atoms with Crippen molar-refractivity contribution >= 4 is 45.5 Å². The van der Waals surface area contributed by atoms with Gasteiger partial charge in [-0.2, -0.15) is 0 Å². The minimum Gasteiger partial charge on any atom is -0.305 e. The van der Waals surface area contributed by atoms with Crippen LogP contribution in [0.5, 0.6) is 0 Å². The summed E-state index contributed by atoms with van der Waals surface area (Å²) >= 11 is 2.37. The summed E-state index contributed by atoms with van der Waals surface area (Å²) in [5.74, 6) is 0.158. The van der Waals surface area contributed by atoms with Crippen LogP contribution >= 0.6 is 23.1 Å². The zero-order valence-corrected chi connectivity index (χ0v) is 20.0. The molecule has 0 saturated heterocycles. The molecule has 0 fully saturated rings. The molecule has 14 heteroatoms. The lowest BCUT2D eigenvalue weighted by atomic mass is 10.1. The molecule has 1 amide bonds. The molecule has 4 rings (SSSR count). The fourth-order valence-electron chi connectivity index (χ4n) is 3.17. The maximum Gasteiger partial charge on any atom is 0.272 e. The highest BCUT2D eigenvalue weighted by atomic mass is 32.2. The minimum absolute atomic E-state index is 0.00522. The molecule has 2 aromatic carbocycles. The number of amides is 1. The van der Waals surface area contributed by atoms with Gasteiger partial charge in [0.15, 0.2) is 16.1 Å². The van der Waals surface area contributed by atoms with Gasteiger partial charge in [0.25, 0.3) is 11.4 Å². The number of nitro groups is 2. The number of anilines is 1. The second-order valence-electron chi connectivity index (χ2n) is 7.31. The topological polar surface area (TPSA) is 159 Å². The first-order valence-electron chi connectivity index (χ1n) is 10.0. The molecule has 0 aliphatic rings. The number of aryl methyl sites for hydroxylation is 1. The van der Waals surface area contributed by atoms with Crippen LogP contribution in [0.3, 0.4) is 0 Å². The number of thioether (sulfide) groups is 1. The van der Waals surface area contributed by atoms with Crippen LogP contribution in [0.25, 0.3) is 22.6 Å². The monoisotopic (exact) mass is 511 g/mol. The lowest BCUT2D eigenvalue weighted by molar-refractivity contribution is -0.385. The van der Waals surface area contributed by atoms with E-state index in [4.69, 9.17) is 0 Å². The van der Waals surface area contributed by atoms with E-state index in [1.54, 1.807) is 48.2 Å². The zero-order valence-electron chi connectivity index (χ0n) is 18.4. The quantitative estimate of drug-likeness (QED) is 0.205. The second-order valence-corrected chi connectivity index (χ2v) is 9.11. The van der Waals surface area contributed by atoms with Crippen molar-refractivity contribution in [1.82, 2.24) is 19.7 Å². The van der Waals surface area contributed by atoms with Gasteiger partial charge in [0.2, 0.25) is 5.91 Å². The van der Waals surface area contributed by atoms with Crippen molar-refractivity contribution < 1.29 is 14.6 Å². The van der Waals surface area contributed by atoms with Crippen LogP contribution in [-0.2, 0) is 11.8 Å². The molecule has 0 unspecified atom stereocenters. The first-order chi connectivity index (χ1) is 16.7. The van der Waals surface area contributed by atoms with Gasteiger partial charge in [-0.3, -0.25) is 25.0 Å². The Hall–Kier alpha value is -4.17. The van der Waals surface area contributed by atoms with E-state index in [1.807, 2.05) is 0 Å². The average molecular weight is 512 g/mol. The molecule has 2 heterocycles. The summed E-state index contributed by atoms with van der Waals surface area (Å²) in [6.07, 6.45) is 0. The van der Waals surface area contributed by atoms with Gasteiger partial charge in [-0.05, 0) is 6.92 Å². The van der Waals surface area contributed by atoms with Crippen LogP contribution in [0.1, 0.15) is 5.56 Å². The van der Waals surface area contributed by atoms with Crippen molar-refractivity contribution in [3.63, 3.8) is 0 Å². The lowest BCUT2D eigenvalue weighted by Crippen LogP contribution is -2.14. The number of thiazole rings is 1. The molecular weight excluding hydrogens is 494 g/mol. The summed E-state index contributed by atoms with van der Waals surface area (Å²) in [5, 5.41) is 35.6. The van der Waals surface area contributed by atoms with Crippen LogP contribution in [0, 0.1) is 27.2 Å². The molecule has 0 aliphatic carbocycles. The Balaban J connectivity index is 1.40. The Morgan fingerprint density at radius 2 is 1.91 bits per heavy atom. The summed E-state index contributed by atoms with van der Waals surface area (Å²) in [4.78, 5) is 38.1. The molecule has 178 valence electrons. The van der Waals surface area contributed by atoms with Gasteiger partial charge >= 0.3 is 0 Å². The van der Waals surface area contributed by atoms with Gasteiger partial charge in [-0.15, -0.1) is 21.5 Å². The van der Waals surface area contributed by atoms with Crippen LogP contribution in [-0.4, -0.2) is 41.3 Å². The molecule has 12 nitrogen and oxygen atoms in total. The van der Waals surface area contributed by atoms with Crippen molar-refractivity contribution in [1.29, 1.82) is 0 Å². The fraction of sp³-hybridized carbons (Fsp3) is 0.143. The fourth-order valence-corrected chi connectivity index (χ4v) is 4.61. The molecule has 35 heavy (non-hydrogen) atoms. The van der Waals surface area contributed by atoms with Crippen LogP contribution in [0.2, 0.25) is 0 Å². The van der Waals surface area contributed by atoms with Crippen LogP contribution < -0.4 is 5.32 Å². The smallest absolute Gasteiger partial charge is 0.272 e. The van der Waals surface area contributed by atoms with E-state index in [9.17, 15) is 25.0 Å². The van der Waals surface area contributed by atoms with Crippen LogP contribution in [0.4, 0.5) is 16.5 Å². The number of nitro benzene ring substituents is 2. The first kappa shape index (κ1) is 24.0. The third-order valence-corrected chi connectivity index (χ3v) is 6.71. The van der Waals surface area contributed by atoms with E-state index in [0.29, 0.717) is 38.5 Å². The Kier molecular flexibility index (Phi) is 6.84. The normalized spacial score (nSPS) is 10.8. The minimum atomic E-state index is -0.482. The standard InChI is InChI=1S/C21H17N7O5S2/c1-12-6-7-13(9-17(12)28(32)33)16-10-34-20(22-16)23-18(29)11-35-21-25-24-19(26(21)2)14-4-3-5-15(8-14)27(30)31/h3-10H,11H2,1-2H3,(H,22,23,29). The summed E-state index contributed by atoms with van der Waals surface area (Å²) in [7, 11) is 1.71. The van der Waals surface area contributed by atoms with Crippen molar-refractivity contribution in [3.8, 4) is 22.6 Å². The summed E-state index contributed by atoms with van der Waals surface area (Å²) < 4.78 is 1.66. The number of nitrogens with zero attached hydrogens (tertiary/aromatic N) is 6. The molecule has 0 spiro atoms. The number of hydrogen-bond donors (Lipinski definition) is 1. The van der Waals surface area contributed by atoms with Gasteiger partial charge < -0.3 is 9.88 Å².